The number of nitrogens with zero attached hydrogens (tertiary/aromatic N) is 2. The van der Waals surface area contributed by atoms with Gasteiger partial charge >= 0.3 is 0 Å². The van der Waals surface area contributed by atoms with Crippen molar-refractivity contribution >= 4 is 11.8 Å². The van der Waals surface area contributed by atoms with Gasteiger partial charge in [-0.2, -0.15) is 11.8 Å². The minimum absolute atomic E-state index is 0.633. The van der Waals surface area contributed by atoms with Gasteiger partial charge in [0.05, 0.1) is 11.4 Å². The fourth-order valence-corrected chi connectivity index (χ4v) is 3.79. The van der Waals surface area contributed by atoms with Crippen molar-refractivity contribution in [2.24, 2.45) is 5.92 Å². The Kier molecular flexibility index (Phi) is 6.52. The van der Waals surface area contributed by atoms with Crippen molar-refractivity contribution in [3.8, 4) is 0 Å². The first kappa shape index (κ1) is 16.8. The molecule has 1 aliphatic heterocycles. The average molecular weight is 308 g/mol. The summed E-state index contributed by atoms with van der Waals surface area (Å²) in [5.74, 6) is 1.92. The average Bonchev–Trinajstić information content (AvgIpc) is 2.44. The molecule has 0 amide bonds. The summed E-state index contributed by atoms with van der Waals surface area (Å²) in [6.07, 6.45) is 0. The molecule has 1 aromatic rings. The van der Waals surface area contributed by atoms with Crippen LogP contribution in [0.1, 0.15) is 39.1 Å². The molecule has 118 valence electrons. The number of nitrogens with one attached hydrogen (secondary N) is 1. The van der Waals surface area contributed by atoms with E-state index in [1.165, 1.54) is 18.0 Å². The molecule has 2 heterocycles. The second-order valence-electron chi connectivity index (χ2n) is 6.43. The Labute approximate surface area is 133 Å². The van der Waals surface area contributed by atoms with Crippen LogP contribution < -0.4 is 5.32 Å². The van der Waals surface area contributed by atoms with E-state index in [1.807, 2.05) is 0 Å². The summed E-state index contributed by atoms with van der Waals surface area (Å²) in [5.41, 5.74) is 2.35. The molecule has 1 fully saturated rings. The van der Waals surface area contributed by atoms with Gasteiger partial charge in [0.15, 0.2) is 0 Å². The van der Waals surface area contributed by atoms with Crippen LogP contribution in [-0.2, 0) is 13.1 Å². The smallest absolute Gasteiger partial charge is 0.0547 e. The third-order valence-electron chi connectivity index (χ3n) is 4.10. The maximum absolute atomic E-state index is 4.81. The van der Waals surface area contributed by atoms with Gasteiger partial charge in [0.1, 0.15) is 0 Å². The minimum atomic E-state index is 0.633. The van der Waals surface area contributed by atoms with Gasteiger partial charge < -0.3 is 5.32 Å². The van der Waals surface area contributed by atoms with E-state index in [9.17, 15) is 0 Å². The number of aromatic nitrogens is 1. The monoisotopic (exact) mass is 307 g/mol. The van der Waals surface area contributed by atoms with Crippen LogP contribution in [-0.4, -0.2) is 40.0 Å². The third-order valence-corrected chi connectivity index (χ3v) is 5.44. The Bertz CT molecular complexity index is 436. The van der Waals surface area contributed by atoms with Crippen molar-refractivity contribution in [2.75, 3.05) is 18.8 Å². The normalized spacial score (nSPS) is 23.7. The fraction of sp³-hybridized carbons (Fsp3) is 0.706. The van der Waals surface area contributed by atoms with Crippen LogP contribution in [0.2, 0.25) is 0 Å². The molecule has 3 nitrogen and oxygen atoms in total. The topological polar surface area (TPSA) is 28.2 Å². The van der Waals surface area contributed by atoms with E-state index in [0.717, 1.165) is 30.6 Å². The third kappa shape index (κ3) is 5.28. The number of rotatable bonds is 6. The molecule has 0 aliphatic carbocycles. The Morgan fingerprint density at radius 3 is 2.86 bits per heavy atom. The first-order valence-electron chi connectivity index (χ1n) is 8.07. The molecule has 21 heavy (non-hydrogen) atoms. The number of thioether (sulfide) groups is 1. The van der Waals surface area contributed by atoms with Crippen LogP contribution in [0.15, 0.2) is 18.2 Å². The zero-order chi connectivity index (χ0) is 15.2. The Morgan fingerprint density at radius 2 is 2.10 bits per heavy atom. The largest absolute Gasteiger partial charge is 0.311 e. The van der Waals surface area contributed by atoms with Crippen molar-refractivity contribution in [3.05, 3.63) is 29.6 Å². The van der Waals surface area contributed by atoms with Gasteiger partial charge in [-0.05, 0) is 31.5 Å². The number of hydrogen-bond donors (Lipinski definition) is 1. The molecular formula is C17H29N3S. The van der Waals surface area contributed by atoms with Crippen molar-refractivity contribution in [2.45, 2.75) is 52.1 Å². The van der Waals surface area contributed by atoms with Crippen molar-refractivity contribution in [1.82, 2.24) is 15.2 Å². The molecule has 0 spiro atoms. The molecule has 1 aliphatic rings. The van der Waals surface area contributed by atoms with Crippen molar-refractivity contribution < 1.29 is 0 Å². The highest BCUT2D eigenvalue weighted by Crippen LogP contribution is 2.25. The summed E-state index contributed by atoms with van der Waals surface area (Å²) >= 11 is 2.09. The van der Waals surface area contributed by atoms with Gasteiger partial charge in [0, 0.05) is 36.7 Å². The van der Waals surface area contributed by atoms with Crippen molar-refractivity contribution in [3.63, 3.8) is 0 Å². The Morgan fingerprint density at radius 1 is 1.33 bits per heavy atom. The molecule has 4 heteroatoms. The number of hydrogen-bond acceptors (Lipinski definition) is 4. The van der Waals surface area contributed by atoms with Crippen LogP contribution >= 0.6 is 11.8 Å². The van der Waals surface area contributed by atoms with Gasteiger partial charge in [-0.25, -0.2) is 0 Å². The van der Waals surface area contributed by atoms with Gasteiger partial charge in [-0.15, -0.1) is 0 Å². The molecular weight excluding hydrogens is 278 g/mol. The number of pyridine rings is 1. The zero-order valence-electron chi connectivity index (χ0n) is 13.8. The van der Waals surface area contributed by atoms with Crippen molar-refractivity contribution in [1.29, 1.82) is 0 Å². The van der Waals surface area contributed by atoms with Crippen LogP contribution in [0.5, 0.6) is 0 Å². The Hall–Kier alpha value is -0.580. The molecule has 2 atom stereocenters. The highest BCUT2D eigenvalue weighted by Gasteiger charge is 2.25. The molecule has 2 rings (SSSR count). The van der Waals surface area contributed by atoms with Crippen LogP contribution in [0.4, 0.5) is 0 Å². The standard InChI is InChI=1S/C17H29N3S/c1-13(2)10-18-11-16-6-5-7-17(19-16)12-20-8-9-21-15(4)14(20)3/h5-7,13-15,18H,8-12H2,1-4H3. The summed E-state index contributed by atoms with van der Waals surface area (Å²) < 4.78 is 0. The summed E-state index contributed by atoms with van der Waals surface area (Å²) in [6.45, 7) is 13.2. The van der Waals surface area contributed by atoms with Gasteiger partial charge in [0.2, 0.25) is 0 Å². The maximum atomic E-state index is 4.81. The van der Waals surface area contributed by atoms with Crippen LogP contribution in [0.3, 0.4) is 0 Å². The molecule has 2 unspecified atom stereocenters. The first-order valence-corrected chi connectivity index (χ1v) is 9.12. The highest BCUT2D eigenvalue weighted by atomic mass is 32.2. The first-order chi connectivity index (χ1) is 10.1. The van der Waals surface area contributed by atoms with E-state index >= 15 is 0 Å². The van der Waals surface area contributed by atoms with Crippen LogP contribution in [0.25, 0.3) is 0 Å². The summed E-state index contributed by atoms with van der Waals surface area (Å²) in [5, 5.41) is 4.19. The van der Waals surface area contributed by atoms with Crippen LogP contribution in [0, 0.1) is 5.92 Å². The van der Waals surface area contributed by atoms with E-state index in [1.54, 1.807) is 0 Å². The lowest BCUT2D eigenvalue weighted by molar-refractivity contribution is 0.202. The molecule has 0 aromatic carbocycles. The van der Waals surface area contributed by atoms with Gasteiger partial charge in [-0.1, -0.05) is 26.8 Å². The second-order valence-corrected chi connectivity index (χ2v) is 7.92. The summed E-state index contributed by atoms with van der Waals surface area (Å²) in [4.78, 5) is 7.38. The van der Waals surface area contributed by atoms with E-state index in [2.05, 4.69) is 67.9 Å². The summed E-state index contributed by atoms with van der Waals surface area (Å²) in [7, 11) is 0. The fourth-order valence-electron chi connectivity index (χ4n) is 2.63. The Balaban J connectivity index is 1.91. The molecule has 1 N–H and O–H groups in total. The molecule has 1 saturated heterocycles. The van der Waals surface area contributed by atoms with E-state index < -0.39 is 0 Å². The second kappa shape index (κ2) is 8.16. The zero-order valence-corrected chi connectivity index (χ0v) is 14.6. The van der Waals surface area contributed by atoms with Gasteiger partial charge in [0.25, 0.3) is 0 Å². The minimum Gasteiger partial charge on any atom is -0.311 e. The molecule has 1 aromatic heterocycles. The molecule has 0 bridgehead atoms. The summed E-state index contributed by atoms with van der Waals surface area (Å²) in [6, 6.07) is 7.05. The van der Waals surface area contributed by atoms with E-state index in [0.29, 0.717) is 12.0 Å². The quantitative estimate of drug-likeness (QED) is 0.874. The lowest BCUT2D eigenvalue weighted by Gasteiger charge is -2.37. The lowest BCUT2D eigenvalue weighted by atomic mass is 10.2. The predicted octanol–water partition coefficient (Wildman–Crippen LogP) is 3.15. The SMILES string of the molecule is CC(C)CNCc1cccc(CN2CCSC(C)C2C)n1. The molecule has 0 radical (unpaired) electrons. The maximum Gasteiger partial charge on any atom is 0.0547 e. The highest BCUT2D eigenvalue weighted by molar-refractivity contribution is 8.00. The lowest BCUT2D eigenvalue weighted by Crippen LogP contribution is -2.44. The van der Waals surface area contributed by atoms with E-state index in [4.69, 9.17) is 4.98 Å². The predicted molar refractivity (Wildman–Crippen MR) is 92.6 cm³/mol. The molecule has 0 saturated carbocycles. The van der Waals surface area contributed by atoms with E-state index in [-0.39, 0.29) is 0 Å². The van der Waals surface area contributed by atoms with Gasteiger partial charge in [-0.3, -0.25) is 9.88 Å².